The number of hydrogen-bond donors (Lipinski definition) is 0. The second-order valence-electron chi connectivity index (χ2n) is 5.04. The van der Waals surface area contributed by atoms with E-state index in [4.69, 9.17) is 11.6 Å². The average molecular weight is 250 g/mol. The van der Waals surface area contributed by atoms with Crippen molar-refractivity contribution in [3.63, 3.8) is 0 Å². The van der Waals surface area contributed by atoms with E-state index >= 15 is 0 Å². The van der Waals surface area contributed by atoms with Crippen LogP contribution in [0.2, 0.25) is 0 Å². The van der Waals surface area contributed by atoms with Gasteiger partial charge in [0.2, 0.25) is 0 Å². The van der Waals surface area contributed by atoms with E-state index in [2.05, 4.69) is 15.9 Å². The van der Waals surface area contributed by atoms with Gasteiger partial charge < -0.3 is 0 Å². The maximum atomic E-state index is 6.46. The van der Waals surface area contributed by atoms with Gasteiger partial charge in [0.05, 0.1) is 5.38 Å². The molecule has 3 atom stereocenters. The molecule has 0 aromatic carbocycles. The summed E-state index contributed by atoms with van der Waals surface area (Å²) in [7, 11) is 0. The minimum atomic E-state index is 0.337. The van der Waals surface area contributed by atoms with Crippen LogP contribution in [0.15, 0.2) is 0 Å². The van der Waals surface area contributed by atoms with E-state index in [0.717, 1.165) is 17.8 Å². The van der Waals surface area contributed by atoms with Crippen molar-refractivity contribution in [3.05, 3.63) is 0 Å². The molecule has 0 radical (unpaired) electrons. The molecule has 2 heteroatoms. The molecule has 4 fully saturated rings. The highest BCUT2D eigenvalue weighted by Crippen LogP contribution is 2.60. The maximum absolute atomic E-state index is 6.46. The Kier molecular flexibility index (Phi) is 1.63. The summed E-state index contributed by atoms with van der Waals surface area (Å²) in [4.78, 5) is 0. The molecule has 68 valence electrons. The van der Waals surface area contributed by atoms with Gasteiger partial charge in [-0.1, -0.05) is 15.9 Å². The van der Waals surface area contributed by atoms with Crippen molar-refractivity contribution in [2.45, 2.75) is 41.8 Å². The van der Waals surface area contributed by atoms with E-state index in [1.807, 2.05) is 0 Å². The number of hydrogen-bond acceptors (Lipinski definition) is 0. The molecule has 0 N–H and O–H groups in total. The lowest BCUT2D eigenvalue weighted by molar-refractivity contribution is 0.0456. The van der Waals surface area contributed by atoms with Crippen LogP contribution in [0.3, 0.4) is 0 Å². The zero-order valence-corrected chi connectivity index (χ0v) is 9.44. The van der Waals surface area contributed by atoms with Crippen LogP contribution >= 0.6 is 27.5 Å². The summed E-state index contributed by atoms with van der Waals surface area (Å²) in [6.45, 7) is 0. The standard InChI is InChI=1S/C10H14BrCl/c11-10-4-6-1-7(5-10)3-8(2-6)9(10)12/h6-9H,1-5H2. The summed E-state index contributed by atoms with van der Waals surface area (Å²) in [6.07, 6.45) is 7.01. The second kappa shape index (κ2) is 2.42. The highest BCUT2D eigenvalue weighted by atomic mass is 79.9. The van der Waals surface area contributed by atoms with Crippen LogP contribution in [0, 0.1) is 17.8 Å². The molecule has 0 aromatic rings. The number of alkyl halides is 2. The van der Waals surface area contributed by atoms with Crippen LogP contribution in [-0.4, -0.2) is 9.70 Å². The molecule has 12 heavy (non-hydrogen) atoms. The Morgan fingerprint density at radius 3 is 2.17 bits per heavy atom. The van der Waals surface area contributed by atoms with E-state index in [1.54, 1.807) is 0 Å². The second-order valence-corrected chi connectivity index (χ2v) is 7.09. The predicted octanol–water partition coefficient (Wildman–Crippen LogP) is 3.57. The van der Waals surface area contributed by atoms with Gasteiger partial charge in [0, 0.05) is 4.32 Å². The molecular weight excluding hydrogens is 235 g/mol. The van der Waals surface area contributed by atoms with E-state index in [1.165, 1.54) is 32.1 Å². The minimum Gasteiger partial charge on any atom is -0.121 e. The molecule has 4 saturated carbocycles. The quantitative estimate of drug-likeness (QED) is 0.576. The van der Waals surface area contributed by atoms with Gasteiger partial charge in [-0.15, -0.1) is 11.6 Å². The Morgan fingerprint density at radius 2 is 1.67 bits per heavy atom. The summed E-state index contributed by atoms with van der Waals surface area (Å²) < 4.78 is 0.337. The smallest absolute Gasteiger partial charge is 0.0517 e. The van der Waals surface area contributed by atoms with E-state index in [-0.39, 0.29) is 0 Å². The van der Waals surface area contributed by atoms with E-state index in [0.29, 0.717) is 9.70 Å². The molecule has 0 aliphatic heterocycles. The van der Waals surface area contributed by atoms with Crippen LogP contribution in [0.1, 0.15) is 32.1 Å². The minimum absolute atomic E-state index is 0.337. The van der Waals surface area contributed by atoms with Crippen molar-refractivity contribution in [2.75, 3.05) is 0 Å². The predicted molar refractivity (Wildman–Crippen MR) is 54.9 cm³/mol. The lowest BCUT2D eigenvalue weighted by Crippen LogP contribution is -2.54. The highest BCUT2D eigenvalue weighted by molar-refractivity contribution is 9.10. The van der Waals surface area contributed by atoms with Crippen LogP contribution in [0.25, 0.3) is 0 Å². The molecule has 0 spiro atoms. The third-order valence-electron chi connectivity index (χ3n) is 4.10. The molecule has 0 amide bonds. The van der Waals surface area contributed by atoms with Gasteiger partial charge in [-0.25, -0.2) is 0 Å². The van der Waals surface area contributed by atoms with Crippen molar-refractivity contribution in [1.82, 2.24) is 0 Å². The Labute approximate surface area is 87.2 Å². The molecule has 0 nitrogen and oxygen atoms in total. The topological polar surface area (TPSA) is 0 Å². The van der Waals surface area contributed by atoms with Gasteiger partial charge >= 0.3 is 0 Å². The molecule has 3 unspecified atom stereocenters. The Morgan fingerprint density at radius 1 is 1.08 bits per heavy atom. The molecule has 0 heterocycles. The molecule has 0 aromatic heterocycles. The van der Waals surface area contributed by atoms with Crippen molar-refractivity contribution in [3.8, 4) is 0 Å². The fourth-order valence-corrected chi connectivity index (χ4v) is 5.55. The normalized spacial score (nSPS) is 62.5. The first-order valence-corrected chi connectivity index (χ1v) is 6.23. The van der Waals surface area contributed by atoms with Crippen molar-refractivity contribution in [1.29, 1.82) is 0 Å². The third kappa shape index (κ3) is 0.957. The summed E-state index contributed by atoms with van der Waals surface area (Å²) >= 11 is 10.4. The molecule has 4 bridgehead atoms. The molecule has 4 rings (SSSR count). The SMILES string of the molecule is ClC1C2CC3CC(C2)CC1(Br)C3. The largest absolute Gasteiger partial charge is 0.121 e. The average Bonchev–Trinajstić information content (AvgIpc) is 1.98. The monoisotopic (exact) mass is 248 g/mol. The Hall–Kier alpha value is 0.770. The maximum Gasteiger partial charge on any atom is 0.0517 e. The first-order chi connectivity index (χ1) is 5.67. The van der Waals surface area contributed by atoms with Crippen LogP contribution in [0.4, 0.5) is 0 Å². The molecule has 4 aliphatic carbocycles. The summed E-state index contributed by atoms with van der Waals surface area (Å²) in [6, 6.07) is 0. The van der Waals surface area contributed by atoms with Gasteiger partial charge in [-0.2, -0.15) is 0 Å². The molecule has 4 aliphatic rings. The zero-order valence-electron chi connectivity index (χ0n) is 7.10. The first-order valence-electron chi connectivity index (χ1n) is 5.00. The third-order valence-corrected chi connectivity index (χ3v) is 6.28. The summed E-state index contributed by atoms with van der Waals surface area (Å²) in [5.41, 5.74) is 0. The first kappa shape index (κ1) is 8.11. The van der Waals surface area contributed by atoms with Crippen molar-refractivity contribution in [2.24, 2.45) is 17.8 Å². The lowest BCUT2D eigenvalue weighted by Gasteiger charge is -2.57. The van der Waals surface area contributed by atoms with E-state index < -0.39 is 0 Å². The lowest BCUT2D eigenvalue weighted by atomic mass is 9.56. The van der Waals surface area contributed by atoms with Gasteiger partial charge in [0.25, 0.3) is 0 Å². The fraction of sp³-hybridized carbons (Fsp3) is 1.00. The van der Waals surface area contributed by atoms with Crippen LogP contribution in [0.5, 0.6) is 0 Å². The van der Waals surface area contributed by atoms with Gasteiger partial charge in [-0.3, -0.25) is 0 Å². The Bertz CT molecular complexity index is 202. The summed E-state index contributed by atoms with van der Waals surface area (Å²) in [5, 5.41) is 0.422. The van der Waals surface area contributed by atoms with Crippen molar-refractivity contribution >= 4 is 27.5 Å². The summed E-state index contributed by atoms with van der Waals surface area (Å²) in [5.74, 6) is 2.83. The Balaban J connectivity index is 1.97. The number of halogens is 2. The van der Waals surface area contributed by atoms with Gasteiger partial charge in [0.1, 0.15) is 0 Å². The van der Waals surface area contributed by atoms with Crippen LogP contribution < -0.4 is 0 Å². The molecule has 0 saturated heterocycles. The van der Waals surface area contributed by atoms with Gasteiger partial charge in [-0.05, 0) is 49.9 Å². The highest BCUT2D eigenvalue weighted by Gasteiger charge is 2.55. The zero-order chi connectivity index (χ0) is 8.34. The fourth-order valence-electron chi connectivity index (χ4n) is 3.88. The number of rotatable bonds is 0. The van der Waals surface area contributed by atoms with E-state index in [9.17, 15) is 0 Å². The van der Waals surface area contributed by atoms with Gasteiger partial charge in [0.15, 0.2) is 0 Å². The van der Waals surface area contributed by atoms with Crippen molar-refractivity contribution < 1.29 is 0 Å². The van der Waals surface area contributed by atoms with Crippen LogP contribution in [-0.2, 0) is 0 Å². The molecular formula is C10H14BrCl.